The van der Waals surface area contributed by atoms with Gasteiger partial charge in [0.1, 0.15) is 5.75 Å². The number of hydrogen-bond donors (Lipinski definition) is 0. The van der Waals surface area contributed by atoms with Gasteiger partial charge in [-0.3, -0.25) is 0 Å². The first-order valence-electron chi connectivity index (χ1n) is 3.21. The highest BCUT2D eigenvalue weighted by Crippen LogP contribution is 2.31. The van der Waals surface area contributed by atoms with Crippen molar-refractivity contribution < 1.29 is 13.2 Å². The molecule has 0 fully saturated rings. The molecule has 1 radical (unpaired) electrons. The molecule has 0 saturated heterocycles. The van der Waals surface area contributed by atoms with Crippen LogP contribution >= 0.6 is 11.8 Å². The number of thioether (sulfide) groups is 1. The summed E-state index contributed by atoms with van der Waals surface area (Å²) in [4.78, 5) is 0.592. The lowest BCUT2D eigenvalue weighted by Crippen LogP contribution is -2.04. The minimum absolute atomic E-state index is 0.266. The number of benzene rings is 1. The van der Waals surface area contributed by atoms with E-state index in [4.69, 9.17) is 0 Å². The van der Waals surface area contributed by atoms with E-state index < -0.39 is 6.18 Å². The summed E-state index contributed by atoms with van der Waals surface area (Å²) in [5.41, 5.74) is 0. The SMILES string of the molecule is FC(F)(F)[CH]Sc1ccccc1. The molecule has 0 amide bonds. The number of halogens is 3. The zero-order valence-corrected chi connectivity index (χ0v) is 6.82. The Bertz CT molecular complexity index is 230. The molecule has 0 atom stereocenters. The van der Waals surface area contributed by atoms with Crippen LogP contribution < -0.4 is 0 Å². The molecule has 1 aromatic rings. The average Bonchev–Trinajstić information content (AvgIpc) is 2.02. The monoisotopic (exact) mass is 191 g/mol. The van der Waals surface area contributed by atoms with Gasteiger partial charge in [-0.05, 0) is 12.1 Å². The van der Waals surface area contributed by atoms with Gasteiger partial charge < -0.3 is 0 Å². The molecule has 1 rings (SSSR count). The molecule has 0 aliphatic carbocycles. The molecule has 0 saturated carbocycles. The van der Waals surface area contributed by atoms with E-state index >= 15 is 0 Å². The standard InChI is InChI=1S/C8H6F3S/c9-8(10,11)6-12-7-4-2-1-3-5-7/h1-6H. The molecule has 1 aromatic carbocycles. The number of rotatable bonds is 2. The smallest absolute Gasteiger partial charge is 0.170 e. The minimum Gasteiger partial charge on any atom is -0.170 e. The van der Waals surface area contributed by atoms with Crippen LogP contribution in [-0.4, -0.2) is 6.18 Å². The maximum atomic E-state index is 11.7. The minimum atomic E-state index is -4.21. The lowest BCUT2D eigenvalue weighted by Gasteiger charge is -2.03. The van der Waals surface area contributed by atoms with E-state index in [0.29, 0.717) is 16.7 Å². The van der Waals surface area contributed by atoms with E-state index in [0.717, 1.165) is 0 Å². The van der Waals surface area contributed by atoms with Crippen molar-refractivity contribution in [3.05, 3.63) is 36.1 Å². The summed E-state index contributed by atoms with van der Waals surface area (Å²) in [6.45, 7) is 0. The summed E-state index contributed by atoms with van der Waals surface area (Å²) >= 11 is 0.677. The van der Waals surface area contributed by atoms with E-state index in [9.17, 15) is 13.2 Å². The van der Waals surface area contributed by atoms with E-state index in [-0.39, 0.29) is 5.75 Å². The second-order valence-corrected chi connectivity index (χ2v) is 3.03. The highest BCUT2D eigenvalue weighted by Gasteiger charge is 2.27. The average molecular weight is 191 g/mol. The Morgan fingerprint density at radius 1 is 1.08 bits per heavy atom. The van der Waals surface area contributed by atoms with Gasteiger partial charge >= 0.3 is 6.18 Å². The molecule has 0 aromatic heterocycles. The highest BCUT2D eigenvalue weighted by molar-refractivity contribution is 8.01. The zero-order chi connectivity index (χ0) is 9.03. The van der Waals surface area contributed by atoms with Gasteiger partial charge in [0.15, 0.2) is 0 Å². The van der Waals surface area contributed by atoms with E-state index in [1.165, 1.54) is 0 Å². The van der Waals surface area contributed by atoms with Crippen molar-refractivity contribution in [3.63, 3.8) is 0 Å². The molecule has 65 valence electrons. The molecule has 0 nitrogen and oxygen atoms in total. The van der Waals surface area contributed by atoms with Crippen LogP contribution in [0.2, 0.25) is 0 Å². The lowest BCUT2D eigenvalue weighted by atomic mass is 10.4. The van der Waals surface area contributed by atoms with Crippen LogP contribution in [0.1, 0.15) is 0 Å². The van der Waals surface area contributed by atoms with Crippen molar-refractivity contribution in [3.8, 4) is 0 Å². The van der Waals surface area contributed by atoms with Crippen molar-refractivity contribution >= 4 is 11.8 Å². The molecule has 4 heteroatoms. The third-order valence-corrected chi connectivity index (χ3v) is 2.00. The summed E-state index contributed by atoms with van der Waals surface area (Å²) in [5, 5.41) is 0. The van der Waals surface area contributed by atoms with Crippen LogP contribution in [0.25, 0.3) is 0 Å². The van der Waals surface area contributed by atoms with Crippen LogP contribution in [0.5, 0.6) is 0 Å². The predicted molar refractivity (Wildman–Crippen MR) is 42.7 cm³/mol. The zero-order valence-electron chi connectivity index (χ0n) is 6.01. The fourth-order valence-corrected chi connectivity index (χ4v) is 1.22. The summed E-state index contributed by atoms with van der Waals surface area (Å²) in [5.74, 6) is 0.266. The van der Waals surface area contributed by atoms with Gasteiger partial charge in [-0.2, -0.15) is 13.2 Å². The first kappa shape index (κ1) is 9.45. The van der Waals surface area contributed by atoms with Gasteiger partial charge in [0.2, 0.25) is 0 Å². The van der Waals surface area contributed by atoms with Gasteiger partial charge in [0.25, 0.3) is 0 Å². The van der Waals surface area contributed by atoms with Gasteiger partial charge in [0.05, 0.1) is 0 Å². The Labute approximate surface area is 72.8 Å². The molecule has 0 unspecified atom stereocenters. The molecule has 0 aliphatic rings. The molecular formula is C8H6F3S. The third-order valence-electron chi connectivity index (χ3n) is 1.07. The Morgan fingerprint density at radius 3 is 2.17 bits per heavy atom. The number of hydrogen-bond acceptors (Lipinski definition) is 1. The Kier molecular flexibility index (Phi) is 3.03. The van der Waals surface area contributed by atoms with Crippen LogP contribution in [0.4, 0.5) is 13.2 Å². The molecule has 0 aliphatic heterocycles. The molecular weight excluding hydrogens is 185 g/mol. The Balaban J connectivity index is 2.44. The first-order valence-corrected chi connectivity index (χ1v) is 4.09. The second-order valence-electron chi connectivity index (χ2n) is 2.09. The van der Waals surface area contributed by atoms with Crippen molar-refractivity contribution in [2.75, 3.05) is 0 Å². The van der Waals surface area contributed by atoms with Gasteiger partial charge in [-0.1, -0.05) is 18.2 Å². The Hall–Kier alpha value is -0.640. The van der Waals surface area contributed by atoms with Crippen molar-refractivity contribution in [2.24, 2.45) is 0 Å². The normalized spacial score (nSPS) is 11.6. The fourth-order valence-electron chi connectivity index (χ4n) is 0.634. The van der Waals surface area contributed by atoms with Crippen LogP contribution in [0.15, 0.2) is 35.2 Å². The summed E-state index contributed by atoms with van der Waals surface area (Å²) in [6, 6.07) is 8.43. The highest BCUT2D eigenvalue weighted by atomic mass is 32.2. The summed E-state index contributed by atoms with van der Waals surface area (Å²) in [7, 11) is 0. The predicted octanol–water partition coefficient (Wildman–Crippen LogP) is 3.50. The maximum Gasteiger partial charge on any atom is 0.402 e. The first-order chi connectivity index (χ1) is 5.58. The van der Waals surface area contributed by atoms with E-state index in [1.54, 1.807) is 30.3 Å². The van der Waals surface area contributed by atoms with E-state index in [1.807, 2.05) is 0 Å². The Morgan fingerprint density at radius 2 is 1.67 bits per heavy atom. The lowest BCUT2D eigenvalue weighted by molar-refractivity contribution is -0.0870. The van der Waals surface area contributed by atoms with Crippen LogP contribution in [0.3, 0.4) is 0 Å². The van der Waals surface area contributed by atoms with Crippen molar-refractivity contribution in [2.45, 2.75) is 11.1 Å². The molecule has 0 bridgehead atoms. The molecule has 0 heterocycles. The summed E-state index contributed by atoms with van der Waals surface area (Å²) < 4.78 is 35.0. The van der Waals surface area contributed by atoms with Crippen LogP contribution in [-0.2, 0) is 0 Å². The van der Waals surface area contributed by atoms with Gasteiger partial charge in [0, 0.05) is 4.90 Å². The van der Waals surface area contributed by atoms with E-state index in [2.05, 4.69) is 0 Å². The van der Waals surface area contributed by atoms with Crippen LogP contribution in [0, 0.1) is 5.75 Å². The topological polar surface area (TPSA) is 0 Å². The molecule has 12 heavy (non-hydrogen) atoms. The maximum absolute atomic E-state index is 11.7. The quantitative estimate of drug-likeness (QED) is 0.644. The van der Waals surface area contributed by atoms with Gasteiger partial charge in [-0.15, -0.1) is 11.8 Å². The molecule has 0 N–H and O–H groups in total. The fraction of sp³-hybridized carbons (Fsp3) is 0.125. The summed E-state index contributed by atoms with van der Waals surface area (Å²) in [6.07, 6.45) is -4.21. The largest absolute Gasteiger partial charge is 0.402 e. The molecule has 0 spiro atoms. The number of alkyl halides is 3. The second kappa shape index (κ2) is 3.85. The van der Waals surface area contributed by atoms with Gasteiger partial charge in [-0.25, -0.2) is 0 Å². The third kappa shape index (κ3) is 3.67. The van der Waals surface area contributed by atoms with Crippen molar-refractivity contribution in [1.29, 1.82) is 0 Å². The van der Waals surface area contributed by atoms with Crippen molar-refractivity contribution in [1.82, 2.24) is 0 Å².